The van der Waals surface area contributed by atoms with Crippen molar-refractivity contribution in [3.8, 4) is 0 Å². The first kappa shape index (κ1) is 32.3. The highest BCUT2D eigenvalue weighted by Gasteiger charge is 2.47. The van der Waals surface area contributed by atoms with Gasteiger partial charge in [0.25, 0.3) is 0 Å². The van der Waals surface area contributed by atoms with Crippen molar-refractivity contribution >= 4 is 53.8 Å². The number of amides is 1. The van der Waals surface area contributed by atoms with Crippen LogP contribution in [0.2, 0.25) is 10.0 Å². The number of hydrogen-bond donors (Lipinski definition) is 2. The van der Waals surface area contributed by atoms with Gasteiger partial charge >= 0.3 is 0 Å². The van der Waals surface area contributed by atoms with Gasteiger partial charge in [0.15, 0.2) is 0 Å². The number of aliphatic imine (C=N–C) groups is 1. The van der Waals surface area contributed by atoms with E-state index in [9.17, 15) is 4.79 Å². The van der Waals surface area contributed by atoms with Crippen molar-refractivity contribution in [2.75, 3.05) is 6.54 Å². The van der Waals surface area contributed by atoms with E-state index in [2.05, 4.69) is 28.9 Å². The lowest BCUT2D eigenvalue weighted by Crippen LogP contribution is -2.53. The molecule has 5 atom stereocenters. The summed E-state index contributed by atoms with van der Waals surface area (Å²) in [5, 5.41) is 7.92. The molecule has 2 aromatic rings. The summed E-state index contributed by atoms with van der Waals surface area (Å²) in [6, 6.07) is 13.1. The fourth-order valence-electron chi connectivity index (χ4n) is 5.52. The van der Waals surface area contributed by atoms with E-state index in [1.54, 1.807) is 11.0 Å². The quantitative estimate of drug-likeness (QED) is 0.0607. The number of hydroxylamine groups is 1. The van der Waals surface area contributed by atoms with Crippen LogP contribution in [0.3, 0.4) is 0 Å². The summed E-state index contributed by atoms with van der Waals surface area (Å²) in [6.07, 6.45) is 5.22. The third-order valence-electron chi connectivity index (χ3n) is 7.46. The molecule has 11 heteroatoms. The Hall–Kier alpha value is -1.17. The lowest BCUT2D eigenvalue weighted by Gasteiger charge is -2.49. The van der Waals surface area contributed by atoms with Crippen LogP contribution in [0.25, 0.3) is 0 Å². The maximum atomic E-state index is 15.3. The van der Waals surface area contributed by atoms with Gasteiger partial charge in [-0.1, -0.05) is 79.8 Å². The van der Waals surface area contributed by atoms with Gasteiger partial charge in [0.05, 0.1) is 6.04 Å². The Morgan fingerprint density at radius 3 is 2.49 bits per heavy atom. The molecule has 39 heavy (non-hydrogen) atoms. The summed E-state index contributed by atoms with van der Waals surface area (Å²) in [5.41, 5.74) is 5.07. The molecule has 1 aliphatic carbocycles. The SMILES string of the molecule is CC/C(=N\C1(N(C=O)C(CC)c2ccc(CCNOO)cc2)CCCC(C(F)(P)P)C1)c1cc(Cl)cc(Cl)c1. The van der Waals surface area contributed by atoms with Crippen LogP contribution in [0, 0.1) is 5.92 Å². The standard InChI is InChI=1S/C28H38Cl2FN3O3P2/c1-3-25(21-14-23(29)16-24(30)15-21)33-27(12-5-6-22(17-27)28(31,38)39)34(18-35)26(4-2)20-9-7-19(8-10-20)11-13-32-37-36/h7-10,14-16,18,22,26,32,36H,3-6,11-13,17,38-39H2,1-2H3/b33-25+. The number of nitrogens with one attached hydrogen (secondary N) is 1. The molecule has 0 spiro atoms. The predicted molar refractivity (Wildman–Crippen MR) is 164 cm³/mol. The summed E-state index contributed by atoms with van der Waals surface area (Å²) >= 11 is 12.6. The smallest absolute Gasteiger partial charge is 0.212 e. The number of rotatable bonds is 13. The Bertz CT molecular complexity index is 1110. The number of alkyl halides is 1. The minimum absolute atomic E-state index is 0.262. The molecule has 6 nitrogen and oxygen atoms in total. The minimum Gasteiger partial charge on any atom is -0.313 e. The van der Waals surface area contributed by atoms with Crippen molar-refractivity contribution in [1.82, 2.24) is 10.4 Å². The van der Waals surface area contributed by atoms with Crippen molar-refractivity contribution in [3.63, 3.8) is 0 Å². The van der Waals surface area contributed by atoms with E-state index in [0.29, 0.717) is 55.1 Å². The molecule has 2 N–H and O–H groups in total. The van der Waals surface area contributed by atoms with E-state index in [-0.39, 0.29) is 12.0 Å². The number of carbonyl (C=O) groups excluding carboxylic acids is 1. The van der Waals surface area contributed by atoms with Crippen LogP contribution in [0.4, 0.5) is 4.39 Å². The van der Waals surface area contributed by atoms with Crippen molar-refractivity contribution < 1.29 is 19.4 Å². The molecule has 1 saturated carbocycles. The molecular formula is C28H38Cl2FN3O3P2. The summed E-state index contributed by atoms with van der Waals surface area (Å²) in [4.78, 5) is 24.0. The van der Waals surface area contributed by atoms with E-state index in [1.165, 1.54) is 0 Å². The Labute approximate surface area is 245 Å². The van der Waals surface area contributed by atoms with Gasteiger partial charge in [-0.05, 0) is 79.8 Å². The molecule has 0 radical (unpaired) electrons. The number of hydrogen-bond acceptors (Lipinski definition) is 5. The first-order valence-electron chi connectivity index (χ1n) is 13.2. The van der Waals surface area contributed by atoms with Gasteiger partial charge in [-0.2, -0.15) is 5.48 Å². The van der Waals surface area contributed by atoms with Gasteiger partial charge < -0.3 is 4.90 Å². The normalized spacial score (nSPS) is 21.0. The second kappa shape index (κ2) is 14.6. The topological polar surface area (TPSA) is 74.2 Å². The van der Waals surface area contributed by atoms with E-state index in [0.717, 1.165) is 35.2 Å². The monoisotopic (exact) mass is 615 g/mol. The lowest BCUT2D eigenvalue weighted by molar-refractivity contribution is -0.291. The molecule has 0 saturated heterocycles. The third kappa shape index (κ3) is 8.42. The van der Waals surface area contributed by atoms with Crippen LogP contribution in [0.1, 0.15) is 75.1 Å². The van der Waals surface area contributed by atoms with Crippen LogP contribution < -0.4 is 5.48 Å². The van der Waals surface area contributed by atoms with Crippen LogP contribution in [-0.2, 0) is 16.2 Å². The zero-order valence-electron chi connectivity index (χ0n) is 22.4. The molecule has 214 valence electrons. The van der Waals surface area contributed by atoms with E-state index >= 15 is 4.39 Å². The number of nitrogens with zero attached hydrogens (tertiary/aromatic N) is 2. The Balaban J connectivity index is 2.09. The average molecular weight is 616 g/mol. The van der Waals surface area contributed by atoms with Crippen molar-refractivity contribution in [1.29, 1.82) is 0 Å². The highest BCUT2D eigenvalue weighted by atomic mass is 35.5. The zero-order valence-corrected chi connectivity index (χ0v) is 26.2. The third-order valence-corrected chi connectivity index (χ3v) is 8.84. The molecule has 0 aromatic heterocycles. The summed E-state index contributed by atoms with van der Waals surface area (Å²) in [5.74, 6) is -0.324. The van der Waals surface area contributed by atoms with Crippen LogP contribution in [-0.4, -0.2) is 39.6 Å². The van der Waals surface area contributed by atoms with Gasteiger partial charge in [0, 0.05) is 28.2 Å². The molecule has 0 bridgehead atoms. The van der Waals surface area contributed by atoms with Gasteiger partial charge in [-0.25, -0.2) is 9.65 Å². The van der Waals surface area contributed by atoms with Gasteiger partial charge in [0.1, 0.15) is 10.8 Å². The largest absolute Gasteiger partial charge is 0.313 e. The van der Waals surface area contributed by atoms with Crippen LogP contribution in [0.15, 0.2) is 47.5 Å². The average Bonchev–Trinajstić information content (AvgIpc) is 2.90. The first-order valence-corrected chi connectivity index (χ1v) is 15.2. The molecule has 1 fully saturated rings. The summed E-state index contributed by atoms with van der Waals surface area (Å²) < 4.78 is 15.3. The fourth-order valence-corrected chi connectivity index (χ4v) is 6.62. The number of benzene rings is 2. The second-order valence-corrected chi connectivity index (χ2v) is 13.4. The molecule has 0 heterocycles. The van der Waals surface area contributed by atoms with Crippen molar-refractivity contribution in [2.45, 2.75) is 75.6 Å². The van der Waals surface area contributed by atoms with E-state index < -0.39 is 10.8 Å². The summed E-state index contributed by atoms with van der Waals surface area (Å²) in [7, 11) is 4.62. The van der Waals surface area contributed by atoms with E-state index in [1.807, 2.05) is 50.2 Å². The van der Waals surface area contributed by atoms with Crippen LogP contribution >= 0.6 is 41.7 Å². The highest BCUT2D eigenvalue weighted by molar-refractivity contribution is 7.39. The Morgan fingerprint density at radius 1 is 1.28 bits per heavy atom. The van der Waals surface area contributed by atoms with Crippen molar-refractivity contribution in [3.05, 3.63) is 69.2 Å². The molecule has 3 rings (SSSR count). The highest BCUT2D eigenvalue weighted by Crippen LogP contribution is 2.50. The minimum atomic E-state index is -1.57. The molecular weight excluding hydrogens is 578 g/mol. The molecule has 2 aromatic carbocycles. The first-order chi connectivity index (χ1) is 18.6. The second-order valence-electron chi connectivity index (χ2n) is 10.1. The van der Waals surface area contributed by atoms with Crippen LogP contribution in [0.5, 0.6) is 0 Å². The van der Waals surface area contributed by atoms with Gasteiger partial charge in [-0.3, -0.25) is 9.79 Å². The van der Waals surface area contributed by atoms with Gasteiger partial charge in [0.2, 0.25) is 6.41 Å². The predicted octanol–water partition coefficient (Wildman–Crippen LogP) is 7.60. The Kier molecular flexibility index (Phi) is 12.1. The zero-order chi connectivity index (χ0) is 28.6. The molecule has 0 aliphatic heterocycles. The maximum absolute atomic E-state index is 15.3. The lowest BCUT2D eigenvalue weighted by atomic mass is 9.79. The van der Waals surface area contributed by atoms with Gasteiger partial charge in [-0.15, -0.1) is 4.99 Å². The number of carbonyl (C=O) groups is 1. The Morgan fingerprint density at radius 2 is 1.95 bits per heavy atom. The van der Waals surface area contributed by atoms with E-state index in [4.69, 9.17) is 33.5 Å². The molecule has 1 amide bonds. The van der Waals surface area contributed by atoms with Crippen molar-refractivity contribution in [2.24, 2.45) is 10.9 Å². The molecule has 1 aliphatic rings. The summed E-state index contributed by atoms with van der Waals surface area (Å²) in [6.45, 7) is 4.50. The number of halogens is 3. The fraction of sp³-hybridized carbons (Fsp3) is 0.500. The molecule has 5 unspecified atom stereocenters. The maximum Gasteiger partial charge on any atom is 0.212 e.